The van der Waals surface area contributed by atoms with Crippen molar-refractivity contribution in [2.75, 3.05) is 12.4 Å². The summed E-state index contributed by atoms with van der Waals surface area (Å²) in [4.78, 5) is 21.7. The fourth-order valence-electron chi connectivity index (χ4n) is 2.84. The van der Waals surface area contributed by atoms with Crippen LogP contribution in [0.1, 0.15) is 43.5 Å². The predicted molar refractivity (Wildman–Crippen MR) is 105 cm³/mol. The molecule has 0 fully saturated rings. The molecule has 0 spiro atoms. The fraction of sp³-hybridized carbons (Fsp3) is 0.389. The van der Waals surface area contributed by atoms with E-state index in [1.807, 2.05) is 7.05 Å². The lowest BCUT2D eigenvalue weighted by molar-refractivity contribution is -0.114. The minimum Gasteiger partial charge on any atom is -0.324 e. The van der Waals surface area contributed by atoms with Gasteiger partial charge in [-0.2, -0.15) is 5.10 Å². The molecule has 1 amide bonds. The third-order valence-corrected chi connectivity index (χ3v) is 4.83. The van der Waals surface area contributed by atoms with Crippen LogP contribution in [0.4, 0.5) is 10.1 Å². The summed E-state index contributed by atoms with van der Waals surface area (Å²) >= 11 is 11.2. The van der Waals surface area contributed by atoms with Crippen LogP contribution in [0.15, 0.2) is 23.0 Å². The van der Waals surface area contributed by atoms with E-state index in [1.54, 1.807) is 6.07 Å². The van der Waals surface area contributed by atoms with Gasteiger partial charge in [-0.05, 0) is 44.0 Å². The number of anilines is 1. The maximum absolute atomic E-state index is 13.0. The largest absolute Gasteiger partial charge is 0.324 e. The quantitative estimate of drug-likeness (QED) is 0.514. The standard InChI is InChI=1S/C10H15N3O.C8H6Cl2FNO/c1-11-8-5-3-2-4-7-6-9(14)12-13-10(7)8;1-4(13)12-8-3-6(10)5(9)2-7(8)11/h6,8,11H,2-5H2,1H3,(H,12,14);2-3H,1H3,(H,12,13)/t8-;/m0./s1. The van der Waals surface area contributed by atoms with Gasteiger partial charge in [0.25, 0.3) is 5.56 Å². The number of nitrogens with zero attached hydrogens (tertiary/aromatic N) is 1. The summed E-state index contributed by atoms with van der Waals surface area (Å²) in [6.45, 7) is 1.28. The first-order valence-corrected chi connectivity index (χ1v) is 9.25. The second-order valence-electron chi connectivity index (χ2n) is 6.16. The molecule has 3 N–H and O–H groups in total. The number of halogens is 3. The first kappa shape index (κ1) is 21.3. The molecular weight excluding hydrogens is 394 g/mol. The predicted octanol–water partition coefficient (Wildman–Crippen LogP) is 3.85. The van der Waals surface area contributed by atoms with Gasteiger partial charge in [0.1, 0.15) is 5.82 Å². The van der Waals surface area contributed by atoms with Crippen LogP contribution in [0.3, 0.4) is 0 Å². The lowest BCUT2D eigenvalue weighted by atomic mass is 10.1. The number of hydrogen-bond acceptors (Lipinski definition) is 4. The summed E-state index contributed by atoms with van der Waals surface area (Å²) in [5.74, 6) is -0.970. The monoisotopic (exact) mass is 414 g/mol. The number of rotatable bonds is 2. The highest BCUT2D eigenvalue weighted by Gasteiger charge is 2.18. The van der Waals surface area contributed by atoms with Crippen molar-refractivity contribution in [3.63, 3.8) is 0 Å². The van der Waals surface area contributed by atoms with E-state index in [9.17, 15) is 14.0 Å². The van der Waals surface area contributed by atoms with Gasteiger partial charge >= 0.3 is 0 Å². The lowest BCUT2D eigenvalue weighted by Crippen LogP contribution is -2.21. The number of carbonyl (C=O) groups excluding carboxylic acids is 1. The van der Waals surface area contributed by atoms with Crippen molar-refractivity contribution in [1.82, 2.24) is 15.5 Å². The Labute approximate surface area is 166 Å². The summed E-state index contributed by atoms with van der Waals surface area (Å²) in [6, 6.07) is 4.29. The number of fused-ring (bicyclic) bond motifs is 1. The van der Waals surface area contributed by atoms with Gasteiger partial charge in [-0.3, -0.25) is 9.59 Å². The van der Waals surface area contributed by atoms with E-state index in [0.29, 0.717) is 6.04 Å². The number of aryl methyl sites for hydroxylation is 1. The smallest absolute Gasteiger partial charge is 0.264 e. The molecule has 0 saturated carbocycles. The Balaban J connectivity index is 0.000000194. The zero-order chi connectivity index (χ0) is 20.0. The molecule has 1 aliphatic rings. The molecule has 146 valence electrons. The average molecular weight is 415 g/mol. The Morgan fingerprint density at radius 2 is 1.96 bits per heavy atom. The van der Waals surface area contributed by atoms with Gasteiger partial charge in [0.2, 0.25) is 5.91 Å². The maximum atomic E-state index is 13.0. The van der Waals surface area contributed by atoms with E-state index >= 15 is 0 Å². The molecule has 0 unspecified atom stereocenters. The number of nitrogens with one attached hydrogen (secondary N) is 3. The SMILES string of the molecule is CC(=O)Nc1cc(Cl)c(Cl)cc1F.CN[C@H]1CCCCc2cc(=O)[nH]nc21. The van der Waals surface area contributed by atoms with Crippen LogP contribution in [0, 0.1) is 5.82 Å². The van der Waals surface area contributed by atoms with Crippen molar-refractivity contribution in [3.05, 3.63) is 55.7 Å². The van der Waals surface area contributed by atoms with E-state index in [1.165, 1.54) is 19.4 Å². The highest BCUT2D eigenvalue weighted by atomic mass is 35.5. The molecule has 9 heteroatoms. The average Bonchev–Trinajstić information content (AvgIpc) is 2.81. The number of aromatic amines is 1. The summed E-state index contributed by atoms with van der Waals surface area (Å²) in [7, 11) is 1.94. The fourth-order valence-corrected chi connectivity index (χ4v) is 3.16. The number of carbonyl (C=O) groups is 1. The zero-order valence-corrected chi connectivity index (χ0v) is 16.5. The Kier molecular flexibility index (Phi) is 7.77. The third kappa shape index (κ3) is 6.02. The molecule has 2 aromatic rings. The van der Waals surface area contributed by atoms with E-state index in [0.717, 1.165) is 36.6 Å². The molecule has 0 saturated heterocycles. The molecule has 27 heavy (non-hydrogen) atoms. The number of hydrogen-bond donors (Lipinski definition) is 3. The second-order valence-corrected chi connectivity index (χ2v) is 6.97. The first-order valence-electron chi connectivity index (χ1n) is 8.49. The van der Waals surface area contributed by atoms with Crippen molar-refractivity contribution < 1.29 is 9.18 Å². The van der Waals surface area contributed by atoms with E-state index < -0.39 is 5.82 Å². The second kappa shape index (κ2) is 9.82. The van der Waals surface area contributed by atoms with Gasteiger partial charge in [-0.15, -0.1) is 0 Å². The van der Waals surface area contributed by atoms with Crippen molar-refractivity contribution in [2.24, 2.45) is 0 Å². The molecule has 0 bridgehead atoms. The molecule has 6 nitrogen and oxygen atoms in total. The van der Waals surface area contributed by atoms with Crippen molar-refractivity contribution in [1.29, 1.82) is 0 Å². The Morgan fingerprint density at radius 3 is 2.63 bits per heavy atom. The third-order valence-electron chi connectivity index (χ3n) is 4.11. The van der Waals surface area contributed by atoms with Crippen LogP contribution < -0.4 is 16.2 Å². The number of H-pyrrole nitrogens is 1. The Hall–Kier alpha value is -1.96. The van der Waals surface area contributed by atoms with Crippen LogP contribution in [0.25, 0.3) is 0 Å². The normalized spacial score (nSPS) is 15.8. The molecular formula is C18H21Cl2FN4O2. The summed E-state index contributed by atoms with van der Waals surface area (Å²) < 4.78 is 13.0. The molecule has 3 rings (SSSR count). The zero-order valence-electron chi connectivity index (χ0n) is 15.0. The Morgan fingerprint density at radius 1 is 1.26 bits per heavy atom. The molecule has 0 radical (unpaired) electrons. The first-order chi connectivity index (χ1) is 12.8. The van der Waals surface area contributed by atoms with Crippen LogP contribution in [0.5, 0.6) is 0 Å². The van der Waals surface area contributed by atoms with Crippen molar-refractivity contribution in [3.8, 4) is 0 Å². The highest BCUT2D eigenvalue weighted by Crippen LogP contribution is 2.28. The number of benzene rings is 1. The van der Waals surface area contributed by atoms with Crippen molar-refractivity contribution >= 4 is 34.8 Å². The van der Waals surface area contributed by atoms with Gasteiger partial charge in [0, 0.05) is 13.0 Å². The maximum Gasteiger partial charge on any atom is 0.264 e. The minimum absolute atomic E-state index is 0.0295. The van der Waals surface area contributed by atoms with Gasteiger partial charge in [0.05, 0.1) is 27.5 Å². The van der Waals surface area contributed by atoms with Crippen LogP contribution >= 0.6 is 23.2 Å². The van der Waals surface area contributed by atoms with Crippen LogP contribution in [0.2, 0.25) is 10.0 Å². The number of aromatic nitrogens is 2. The Bertz CT molecular complexity index is 873. The molecule has 0 aliphatic heterocycles. The van der Waals surface area contributed by atoms with Crippen LogP contribution in [-0.2, 0) is 11.2 Å². The molecule has 1 heterocycles. The molecule has 1 aromatic heterocycles. The molecule has 1 aromatic carbocycles. The lowest BCUT2D eigenvalue weighted by Gasteiger charge is -2.14. The van der Waals surface area contributed by atoms with E-state index in [-0.39, 0.29) is 27.2 Å². The topological polar surface area (TPSA) is 86.9 Å². The number of amides is 1. The summed E-state index contributed by atoms with van der Waals surface area (Å²) in [5, 5.41) is 12.5. The van der Waals surface area contributed by atoms with Gasteiger partial charge < -0.3 is 10.6 Å². The molecule has 1 atom stereocenters. The van der Waals surface area contributed by atoms with Gasteiger partial charge in [-0.1, -0.05) is 29.6 Å². The van der Waals surface area contributed by atoms with E-state index in [4.69, 9.17) is 23.2 Å². The van der Waals surface area contributed by atoms with Gasteiger partial charge in [0.15, 0.2) is 0 Å². The summed E-state index contributed by atoms with van der Waals surface area (Å²) in [6.07, 6.45) is 4.42. The van der Waals surface area contributed by atoms with Crippen LogP contribution in [-0.4, -0.2) is 23.2 Å². The highest BCUT2D eigenvalue weighted by molar-refractivity contribution is 6.42. The minimum atomic E-state index is -0.607. The molecule has 1 aliphatic carbocycles. The van der Waals surface area contributed by atoms with E-state index in [2.05, 4.69) is 20.8 Å². The summed E-state index contributed by atoms with van der Waals surface area (Å²) in [5.41, 5.74) is 2.05. The van der Waals surface area contributed by atoms with Crippen molar-refractivity contribution in [2.45, 2.75) is 38.6 Å². The van der Waals surface area contributed by atoms with Gasteiger partial charge in [-0.25, -0.2) is 9.49 Å².